The molecule has 2 N–H and O–H groups in total. The molecule has 3 rings (SSSR count). The number of ether oxygens (including phenoxy) is 1. The minimum atomic E-state index is -0.464. The number of carbonyl (C=O) groups is 1. The normalized spacial score (nSPS) is 13.0. The maximum absolute atomic E-state index is 11.6. The van der Waals surface area contributed by atoms with Crippen molar-refractivity contribution < 1.29 is 19.7 Å². The molecule has 0 aliphatic heterocycles. The van der Waals surface area contributed by atoms with Gasteiger partial charge in [0.05, 0.1) is 18.4 Å². The minimum Gasteiger partial charge on any atom is -0.494 e. The average molecular weight is 285 g/mol. The molecule has 0 bridgehead atoms. The number of carbonyl (C=O) groups excluding carboxylic acids is 1. The fourth-order valence-electron chi connectivity index (χ4n) is 2.61. The number of aromatic nitrogens is 1. The zero-order valence-corrected chi connectivity index (χ0v) is 11.5. The zero-order chi connectivity index (χ0) is 15.0. The Morgan fingerprint density at radius 2 is 1.76 bits per heavy atom. The molecule has 108 valence electrons. The Bertz CT molecular complexity index is 711. The molecule has 0 saturated heterocycles. The molecule has 0 radical (unpaired) electrons. The predicted octanol–water partition coefficient (Wildman–Crippen LogP) is 2.33. The average Bonchev–Trinajstić information content (AvgIpc) is 2.78. The molecular formula is C16H15NO4. The molecule has 1 aromatic heterocycles. The number of nitrogens with zero attached hydrogens (tertiary/aromatic N) is 1. The highest BCUT2D eigenvalue weighted by Crippen LogP contribution is 2.39. The van der Waals surface area contributed by atoms with Crippen LogP contribution in [0.2, 0.25) is 0 Å². The Kier molecular flexibility index (Phi) is 3.17. The van der Waals surface area contributed by atoms with Crippen LogP contribution in [0.4, 0.5) is 0 Å². The summed E-state index contributed by atoms with van der Waals surface area (Å²) < 4.78 is 6.04. The van der Waals surface area contributed by atoms with Crippen molar-refractivity contribution in [3.05, 3.63) is 53.1 Å². The van der Waals surface area contributed by atoms with Gasteiger partial charge in [-0.15, -0.1) is 0 Å². The van der Waals surface area contributed by atoms with E-state index >= 15 is 0 Å². The molecule has 1 aromatic carbocycles. The van der Waals surface area contributed by atoms with Gasteiger partial charge in [0, 0.05) is 11.1 Å². The van der Waals surface area contributed by atoms with E-state index < -0.39 is 5.97 Å². The first-order chi connectivity index (χ1) is 10.1. The molecule has 5 heteroatoms. The van der Waals surface area contributed by atoms with Crippen LogP contribution in [-0.2, 0) is 17.6 Å². The van der Waals surface area contributed by atoms with Gasteiger partial charge in [-0.2, -0.15) is 0 Å². The standard InChI is InChI=1S/C16H15NO4/c1-21-16(20)10-5-4-6-11(9-10)17-14(18)12-7-2-3-8-13(12)15(17)19/h2-6,9,18-19H,7-8H2,1H3. The molecule has 5 nitrogen and oxygen atoms in total. The summed E-state index contributed by atoms with van der Waals surface area (Å²) in [5.74, 6) is -0.447. The lowest BCUT2D eigenvalue weighted by atomic mass is 10.0. The van der Waals surface area contributed by atoms with Crippen molar-refractivity contribution in [1.29, 1.82) is 0 Å². The van der Waals surface area contributed by atoms with E-state index in [4.69, 9.17) is 0 Å². The lowest BCUT2D eigenvalue weighted by Gasteiger charge is -2.08. The quantitative estimate of drug-likeness (QED) is 0.656. The molecule has 0 atom stereocenters. The first-order valence-electron chi connectivity index (χ1n) is 6.61. The highest BCUT2D eigenvalue weighted by atomic mass is 16.5. The van der Waals surface area contributed by atoms with E-state index in [9.17, 15) is 15.0 Å². The van der Waals surface area contributed by atoms with Crippen LogP contribution in [0, 0.1) is 0 Å². The summed E-state index contributed by atoms with van der Waals surface area (Å²) in [5.41, 5.74) is 2.32. The summed E-state index contributed by atoms with van der Waals surface area (Å²) >= 11 is 0. The van der Waals surface area contributed by atoms with Gasteiger partial charge in [-0.05, 0) is 31.0 Å². The van der Waals surface area contributed by atoms with Gasteiger partial charge in [0.15, 0.2) is 0 Å². The van der Waals surface area contributed by atoms with E-state index in [0.717, 1.165) is 11.1 Å². The molecule has 1 heterocycles. The van der Waals surface area contributed by atoms with Crippen molar-refractivity contribution >= 4 is 5.97 Å². The van der Waals surface area contributed by atoms with Crippen molar-refractivity contribution in [2.75, 3.05) is 7.11 Å². The Balaban J connectivity index is 2.13. The Morgan fingerprint density at radius 3 is 2.33 bits per heavy atom. The second-order valence-corrected chi connectivity index (χ2v) is 4.86. The van der Waals surface area contributed by atoms with Gasteiger partial charge in [-0.3, -0.25) is 4.57 Å². The third-order valence-corrected chi connectivity index (χ3v) is 3.66. The number of benzene rings is 1. The van der Waals surface area contributed by atoms with Crippen molar-refractivity contribution in [2.45, 2.75) is 12.8 Å². The number of hydrogen-bond acceptors (Lipinski definition) is 4. The van der Waals surface area contributed by atoms with Crippen molar-refractivity contribution in [3.8, 4) is 17.4 Å². The fourth-order valence-corrected chi connectivity index (χ4v) is 2.61. The van der Waals surface area contributed by atoms with E-state index in [0.29, 0.717) is 24.1 Å². The van der Waals surface area contributed by atoms with Gasteiger partial charge in [-0.25, -0.2) is 4.79 Å². The summed E-state index contributed by atoms with van der Waals surface area (Å²) in [6.07, 6.45) is 5.07. The van der Waals surface area contributed by atoms with E-state index in [1.54, 1.807) is 24.3 Å². The van der Waals surface area contributed by atoms with E-state index in [1.807, 2.05) is 12.2 Å². The summed E-state index contributed by atoms with van der Waals surface area (Å²) in [7, 11) is 1.31. The fraction of sp³-hybridized carbons (Fsp3) is 0.188. The van der Waals surface area contributed by atoms with Gasteiger partial charge in [-0.1, -0.05) is 18.2 Å². The van der Waals surface area contributed by atoms with E-state index in [2.05, 4.69) is 4.74 Å². The lowest BCUT2D eigenvalue weighted by molar-refractivity contribution is 0.0600. The first kappa shape index (κ1) is 13.3. The van der Waals surface area contributed by atoms with Gasteiger partial charge in [0.25, 0.3) is 0 Å². The van der Waals surface area contributed by atoms with E-state index in [-0.39, 0.29) is 11.8 Å². The summed E-state index contributed by atoms with van der Waals surface area (Å²) in [5, 5.41) is 20.7. The number of aromatic hydroxyl groups is 2. The Morgan fingerprint density at radius 1 is 1.14 bits per heavy atom. The van der Waals surface area contributed by atoms with Crippen molar-refractivity contribution in [2.24, 2.45) is 0 Å². The van der Waals surface area contributed by atoms with Crippen LogP contribution in [0.15, 0.2) is 36.4 Å². The predicted molar refractivity (Wildman–Crippen MR) is 77.0 cm³/mol. The third-order valence-electron chi connectivity index (χ3n) is 3.66. The molecule has 2 aromatic rings. The molecule has 0 amide bonds. The molecule has 0 saturated carbocycles. The van der Waals surface area contributed by atoms with Crippen LogP contribution >= 0.6 is 0 Å². The lowest BCUT2D eigenvalue weighted by Crippen LogP contribution is -2.02. The van der Waals surface area contributed by atoms with Crippen LogP contribution in [-0.4, -0.2) is 27.9 Å². The molecule has 0 spiro atoms. The van der Waals surface area contributed by atoms with Gasteiger partial charge in [0.1, 0.15) is 0 Å². The number of hydrogen-bond donors (Lipinski definition) is 2. The highest BCUT2D eigenvalue weighted by molar-refractivity contribution is 5.90. The second kappa shape index (κ2) is 5.01. The topological polar surface area (TPSA) is 71.7 Å². The van der Waals surface area contributed by atoms with E-state index in [1.165, 1.54) is 11.7 Å². The minimum absolute atomic E-state index is 0.00821. The molecular weight excluding hydrogens is 270 g/mol. The molecule has 1 aliphatic rings. The number of allylic oxidation sites excluding steroid dienone is 2. The van der Waals surface area contributed by atoms with Crippen molar-refractivity contribution in [3.63, 3.8) is 0 Å². The number of fused-ring (bicyclic) bond motifs is 1. The number of esters is 1. The third kappa shape index (κ3) is 2.07. The van der Waals surface area contributed by atoms with Gasteiger partial charge in [0.2, 0.25) is 11.8 Å². The maximum Gasteiger partial charge on any atom is 0.337 e. The van der Waals surface area contributed by atoms with Crippen LogP contribution in [0.3, 0.4) is 0 Å². The molecule has 1 aliphatic carbocycles. The van der Waals surface area contributed by atoms with Crippen LogP contribution < -0.4 is 0 Å². The Hall–Kier alpha value is -2.69. The summed E-state index contributed by atoms with van der Waals surface area (Å²) in [4.78, 5) is 11.6. The molecule has 0 fully saturated rings. The molecule has 21 heavy (non-hydrogen) atoms. The highest BCUT2D eigenvalue weighted by Gasteiger charge is 2.23. The summed E-state index contributed by atoms with van der Waals surface area (Å²) in [6, 6.07) is 6.58. The second-order valence-electron chi connectivity index (χ2n) is 4.86. The smallest absolute Gasteiger partial charge is 0.337 e. The monoisotopic (exact) mass is 285 g/mol. The maximum atomic E-state index is 11.6. The van der Waals surface area contributed by atoms with Crippen LogP contribution in [0.25, 0.3) is 5.69 Å². The molecule has 0 unspecified atom stereocenters. The number of methoxy groups -OCH3 is 1. The van der Waals surface area contributed by atoms with Crippen LogP contribution in [0.1, 0.15) is 21.5 Å². The largest absolute Gasteiger partial charge is 0.494 e. The number of rotatable bonds is 2. The summed E-state index contributed by atoms with van der Waals surface area (Å²) in [6.45, 7) is 0. The SMILES string of the molecule is COC(=O)c1cccc(-n2c(O)c3c(c2O)CC=CC3)c1. The van der Waals surface area contributed by atoms with Crippen LogP contribution in [0.5, 0.6) is 11.8 Å². The van der Waals surface area contributed by atoms with Gasteiger partial charge < -0.3 is 14.9 Å². The van der Waals surface area contributed by atoms with Gasteiger partial charge >= 0.3 is 5.97 Å². The Labute approximate surface area is 121 Å². The van der Waals surface area contributed by atoms with Crippen molar-refractivity contribution in [1.82, 2.24) is 4.57 Å². The first-order valence-corrected chi connectivity index (χ1v) is 6.61. The zero-order valence-electron chi connectivity index (χ0n) is 11.5.